The van der Waals surface area contributed by atoms with Gasteiger partial charge in [-0.3, -0.25) is 19.7 Å². The summed E-state index contributed by atoms with van der Waals surface area (Å²) < 4.78 is 0. The van der Waals surface area contributed by atoms with Gasteiger partial charge < -0.3 is 10.2 Å². The van der Waals surface area contributed by atoms with Crippen molar-refractivity contribution in [3.05, 3.63) is 74.8 Å². The number of carbonyl (C=O) groups is 2. The van der Waals surface area contributed by atoms with Crippen LogP contribution in [0.1, 0.15) is 50.2 Å². The number of nitrogens with zero attached hydrogens (tertiary/aromatic N) is 2. The van der Waals surface area contributed by atoms with Crippen LogP contribution >= 0.6 is 23.4 Å². The van der Waals surface area contributed by atoms with Crippen molar-refractivity contribution >= 4 is 40.9 Å². The molecule has 0 radical (unpaired) electrons. The van der Waals surface area contributed by atoms with Crippen molar-refractivity contribution in [2.24, 2.45) is 0 Å². The first-order valence-corrected chi connectivity index (χ1v) is 13.1. The molecular formula is C25H30ClN3O4S. The van der Waals surface area contributed by atoms with Gasteiger partial charge in [0, 0.05) is 35.5 Å². The number of halogens is 1. The fourth-order valence-electron chi connectivity index (χ4n) is 4.13. The number of hydrogen-bond acceptors (Lipinski definition) is 5. The fourth-order valence-corrected chi connectivity index (χ4v) is 5.12. The maximum atomic E-state index is 13.3. The van der Waals surface area contributed by atoms with Gasteiger partial charge in [0.25, 0.3) is 5.69 Å². The molecule has 1 fully saturated rings. The molecule has 0 unspecified atom stereocenters. The summed E-state index contributed by atoms with van der Waals surface area (Å²) in [5, 5.41) is 14.6. The Labute approximate surface area is 209 Å². The van der Waals surface area contributed by atoms with Crippen molar-refractivity contribution in [2.75, 3.05) is 5.75 Å². The molecule has 1 aliphatic rings. The van der Waals surface area contributed by atoms with Gasteiger partial charge in [0.15, 0.2) is 0 Å². The van der Waals surface area contributed by atoms with E-state index >= 15 is 0 Å². The molecule has 0 saturated heterocycles. The molecule has 34 heavy (non-hydrogen) atoms. The highest BCUT2D eigenvalue weighted by atomic mass is 35.5. The molecule has 0 spiro atoms. The third kappa shape index (κ3) is 7.46. The van der Waals surface area contributed by atoms with Crippen molar-refractivity contribution in [1.82, 2.24) is 10.2 Å². The average Bonchev–Trinajstić information content (AvgIpc) is 3.33. The van der Waals surface area contributed by atoms with E-state index in [1.54, 1.807) is 29.2 Å². The van der Waals surface area contributed by atoms with Gasteiger partial charge in [-0.15, -0.1) is 11.8 Å². The highest BCUT2D eigenvalue weighted by Crippen LogP contribution is 2.22. The van der Waals surface area contributed by atoms with E-state index in [0.29, 0.717) is 23.7 Å². The van der Waals surface area contributed by atoms with E-state index in [9.17, 15) is 19.7 Å². The van der Waals surface area contributed by atoms with Crippen molar-refractivity contribution in [3.63, 3.8) is 0 Å². The van der Waals surface area contributed by atoms with E-state index in [4.69, 9.17) is 11.6 Å². The van der Waals surface area contributed by atoms with E-state index < -0.39 is 11.0 Å². The van der Waals surface area contributed by atoms with Crippen molar-refractivity contribution in [2.45, 2.75) is 63.4 Å². The summed E-state index contributed by atoms with van der Waals surface area (Å²) in [4.78, 5) is 38.5. The van der Waals surface area contributed by atoms with E-state index in [-0.39, 0.29) is 29.3 Å². The zero-order chi connectivity index (χ0) is 24.5. The molecule has 2 aromatic rings. The quantitative estimate of drug-likeness (QED) is 0.329. The molecule has 0 aromatic heterocycles. The summed E-state index contributed by atoms with van der Waals surface area (Å²) in [6.07, 6.45) is 4.73. The summed E-state index contributed by atoms with van der Waals surface area (Å²) >= 11 is 7.44. The highest BCUT2D eigenvalue weighted by Gasteiger charge is 2.30. The number of amides is 2. The van der Waals surface area contributed by atoms with Crippen molar-refractivity contribution in [3.8, 4) is 0 Å². The topological polar surface area (TPSA) is 92.6 Å². The van der Waals surface area contributed by atoms with Crippen molar-refractivity contribution in [1.29, 1.82) is 0 Å². The smallest absolute Gasteiger partial charge is 0.269 e. The van der Waals surface area contributed by atoms with Crippen LogP contribution in [0.4, 0.5) is 5.69 Å². The Hall–Kier alpha value is -2.58. The SMILES string of the molecule is CC[C@@H](C(=O)NC1CCCC1)N(Cc1ccc(Cl)cc1)C(=O)CSCc1ccc([N+](=O)[O-])cc1. The standard InChI is InChI=1S/C25H30ClN3O4S/c1-2-23(25(31)27-21-5-3-4-6-21)28(15-18-7-11-20(26)12-8-18)24(30)17-34-16-19-9-13-22(14-10-19)29(32)33/h7-14,21,23H,2-6,15-17H2,1H3,(H,27,31)/t23-/m0/s1. The molecule has 0 aliphatic heterocycles. The third-order valence-electron chi connectivity index (χ3n) is 6.00. The van der Waals surface area contributed by atoms with Crippen LogP contribution in [0.3, 0.4) is 0 Å². The molecule has 1 aliphatic carbocycles. The Balaban J connectivity index is 1.67. The minimum Gasteiger partial charge on any atom is -0.352 e. The molecule has 1 saturated carbocycles. The predicted molar refractivity (Wildman–Crippen MR) is 136 cm³/mol. The molecule has 0 bridgehead atoms. The number of hydrogen-bond donors (Lipinski definition) is 1. The van der Waals surface area contributed by atoms with Crippen LogP contribution in [-0.2, 0) is 21.9 Å². The van der Waals surface area contributed by atoms with Crippen molar-refractivity contribution < 1.29 is 14.5 Å². The first-order chi connectivity index (χ1) is 16.4. The van der Waals surface area contributed by atoms with Crippen LogP contribution in [0, 0.1) is 10.1 Å². The number of rotatable bonds is 11. The lowest BCUT2D eigenvalue weighted by Gasteiger charge is -2.31. The van der Waals surface area contributed by atoms with Gasteiger partial charge in [-0.05, 0) is 42.5 Å². The van der Waals surface area contributed by atoms with Gasteiger partial charge in [0.2, 0.25) is 11.8 Å². The zero-order valence-corrected chi connectivity index (χ0v) is 20.8. The number of nitro groups is 1. The summed E-state index contributed by atoms with van der Waals surface area (Å²) in [5.41, 5.74) is 1.85. The second-order valence-electron chi connectivity index (χ2n) is 8.48. The van der Waals surface area contributed by atoms with E-state index in [1.165, 1.54) is 23.9 Å². The Morgan fingerprint density at radius 3 is 2.32 bits per heavy atom. The Bertz CT molecular complexity index is 979. The second kappa shape index (κ2) is 12.8. The second-order valence-corrected chi connectivity index (χ2v) is 9.90. The molecule has 3 rings (SSSR count). The van der Waals surface area contributed by atoms with E-state index in [2.05, 4.69) is 5.32 Å². The van der Waals surface area contributed by atoms with E-state index in [1.807, 2.05) is 19.1 Å². The van der Waals surface area contributed by atoms with Gasteiger partial charge in [-0.1, -0.05) is 55.6 Å². The van der Waals surface area contributed by atoms with Crippen LogP contribution in [0.25, 0.3) is 0 Å². The summed E-state index contributed by atoms with van der Waals surface area (Å²) in [5.74, 6) is 0.536. The van der Waals surface area contributed by atoms with Crippen LogP contribution in [0.15, 0.2) is 48.5 Å². The minimum atomic E-state index is -0.552. The molecule has 9 heteroatoms. The first-order valence-electron chi connectivity index (χ1n) is 11.5. The molecule has 1 N–H and O–H groups in total. The summed E-state index contributed by atoms with van der Waals surface area (Å²) in [6.45, 7) is 2.25. The molecule has 182 valence electrons. The number of thioether (sulfide) groups is 1. The number of carbonyl (C=O) groups excluding carboxylic acids is 2. The van der Waals surface area contributed by atoms with E-state index in [0.717, 1.165) is 36.8 Å². The predicted octanol–water partition coefficient (Wildman–Crippen LogP) is 5.35. The molecule has 7 nitrogen and oxygen atoms in total. The molecule has 2 aromatic carbocycles. The largest absolute Gasteiger partial charge is 0.352 e. The van der Waals surface area contributed by atoms with Crippen LogP contribution in [0.5, 0.6) is 0 Å². The average molecular weight is 504 g/mol. The fraction of sp³-hybridized carbons (Fsp3) is 0.440. The lowest BCUT2D eigenvalue weighted by molar-refractivity contribution is -0.384. The lowest BCUT2D eigenvalue weighted by atomic mass is 10.1. The number of nitrogens with one attached hydrogen (secondary N) is 1. The number of nitro benzene ring substituents is 1. The monoisotopic (exact) mass is 503 g/mol. The lowest BCUT2D eigenvalue weighted by Crippen LogP contribution is -2.51. The highest BCUT2D eigenvalue weighted by molar-refractivity contribution is 7.99. The van der Waals surface area contributed by atoms with Gasteiger partial charge in [-0.25, -0.2) is 0 Å². The summed E-state index contributed by atoms with van der Waals surface area (Å²) in [7, 11) is 0. The van der Waals surface area contributed by atoms with Gasteiger partial charge in [-0.2, -0.15) is 0 Å². The third-order valence-corrected chi connectivity index (χ3v) is 7.24. The van der Waals surface area contributed by atoms with Gasteiger partial charge in [0.05, 0.1) is 10.7 Å². The Morgan fingerprint density at radius 2 is 1.74 bits per heavy atom. The Morgan fingerprint density at radius 1 is 1.12 bits per heavy atom. The summed E-state index contributed by atoms with van der Waals surface area (Å²) in [6, 6.07) is 13.3. The van der Waals surface area contributed by atoms with Gasteiger partial charge in [0.1, 0.15) is 6.04 Å². The molecular weight excluding hydrogens is 474 g/mol. The molecule has 0 heterocycles. The number of non-ortho nitro benzene ring substituents is 1. The maximum absolute atomic E-state index is 13.3. The first kappa shape index (κ1) is 26.0. The van der Waals surface area contributed by atoms with Gasteiger partial charge >= 0.3 is 0 Å². The van der Waals surface area contributed by atoms with Crippen LogP contribution < -0.4 is 5.32 Å². The van der Waals surface area contributed by atoms with Crippen LogP contribution in [0.2, 0.25) is 5.02 Å². The molecule has 2 amide bonds. The van der Waals surface area contributed by atoms with Crippen LogP contribution in [-0.4, -0.2) is 39.5 Å². The normalized spacial score (nSPS) is 14.5. The number of benzene rings is 2. The Kier molecular flexibility index (Phi) is 9.77. The molecule has 1 atom stereocenters. The maximum Gasteiger partial charge on any atom is 0.269 e. The zero-order valence-electron chi connectivity index (χ0n) is 19.2. The minimum absolute atomic E-state index is 0.0398.